The molecular formula is C12H24N2O4S. The first kappa shape index (κ1) is 16.4. The van der Waals surface area contributed by atoms with Crippen molar-refractivity contribution in [2.45, 2.75) is 39.5 Å². The van der Waals surface area contributed by atoms with Gasteiger partial charge in [0.2, 0.25) is 0 Å². The average Bonchev–Trinajstić information content (AvgIpc) is 2.38. The zero-order valence-corrected chi connectivity index (χ0v) is 12.4. The molecule has 2 atom stereocenters. The molecule has 0 aliphatic heterocycles. The standard InChI is InChI=1S/C12H24N2O4S/c1-3-14(4-2)19(17,18)13-9-10-7-5-6-8-11(10)12(15)16/h10-11,13H,3-9H2,1-2H3,(H,15,16). The van der Waals surface area contributed by atoms with Gasteiger partial charge >= 0.3 is 5.97 Å². The maximum absolute atomic E-state index is 12.0. The Morgan fingerprint density at radius 3 is 2.37 bits per heavy atom. The Kier molecular flexibility index (Phi) is 6.22. The van der Waals surface area contributed by atoms with E-state index < -0.39 is 22.1 Å². The predicted octanol–water partition coefficient (Wildman–Crippen LogP) is 1.05. The molecule has 1 aliphatic carbocycles. The summed E-state index contributed by atoms with van der Waals surface area (Å²) in [6.45, 7) is 4.61. The summed E-state index contributed by atoms with van der Waals surface area (Å²) < 4.78 is 27.8. The van der Waals surface area contributed by atoms with Gasteiger partial charge in [0.25, 0.3) is 10.2 Å². The Labute approximate surface area is 115 Å². The first-order chi connectivity index (χ1) is 8.92. The molecule has 0 bridgehead atoms. The largest absolute Gasteiger partial charge is 0.481 e. The lowest BCUT2D eigenvalue weighted by Crippen LogP contribution is -2.44. The van der Waals surface area contributed by atoms with Crippen LogP contribution in [0.3, 0.4) is 0 Å². The highest BCUT2D eigenvalue weighted by atomic mass is 32.2. The van der Waals surface area contributed by atoms with Crippen molar-refractivity contribution in [2.75, 3.05) is 19.6 Å². The molecule has 0 saturated heterocycles. The molecule has 19 heavy (non-hydrogen) atoms. The summed E-state index contributed by atoms with van der Waals surface area (Å²) in [7, 11) is -3.48. The first-order valence-corrected chi connectivity index (χ1v) is 8.33. The lowest BCUT2D eigenvalue weighted by molar-refractivity contribution is -0.144. The Balaban J connectivity index is 2.61. The summed E-state index contributed by atoms with van der Waals surface area (Å²) in [5.74, 6) is -1.34. The van der Waals surface area contributed by atoms with Crippen LogP contribution in [-0.4, -0.2) is 43.4 Å². The zero-order chi connectivity index (χ0) is 14.5. The Hall–Kier alpha value is -0.660. The number of nitrogens with one attached hydrogen (secondary N) is 1. The molecule has 1 fully saturated rings. The van der Waals surface area contributed by atoms with Gasteiger partial charge in [-0.1, -0.05) is 26.7 Å². The molecule has 6 nitrogen and oxygen atoms in total. The summed E-state index contributed by atoms with van der Waals surface area (Å²) in [6, 6.07) is 0. The number of hydrogen-bond donors (Lipinski definition) is 2. The topological polar surface area (TPSA) is 86.7 Å². The van der Waals surface area contributed by atoms with Crippen LogP contribution in [-0.2, 0) is 15.0 Å². The van der Waals surface area contributed by atoms with Crippen LogP contribution in [0, 0.1) is 11.8 Å². The second-order valence-corrected chi connectivity index (χ2v) is 6.68. The third-order valence-corrected chi connectivity index (χ3v) is 5.53. The van der Waals surface area contributed by atoms with E-state index in [4.69, 9.17) is 5.11 Å². The average molecular weight is 292 g/mol. The number of hydrogen-bond acceptors (Lipinski definition) is 3. The van der Waals surface area contributed by atoms with Crippen molar-refractivity contribution < 1.29 is 18.3 Å². The van der Waals surface area contributed by atoms with Crippen molar-refractivity contribution in [2.24, 2.45) is 11.8 Å². The zero-order valence-electron chi connectivity index (χ0n) is 11.6. The van der Waals surface area contributed by atoms with Gasteiger partial charge in [-0.2, -0.15) is 12.7 Å². The fraction of sp³-hybridized carbons (Fsp3) is 0.917. The second-order valence-electron chi connectivity index (χ2n) is 4.93. The monoisotopic (exact) mass is 292 g/mol. The lowest BCUT2D eigenvalue weighted by atomic mass is 9.79. The molecule has 1 saturated carbocycles. The number of nitrogens with zero attached hydrogens (tertiary/aromatic N) is 1. The predicted molar refractivity (Wildman–Crippen MR) is 72.9 cm³/mol. The molecule has 1 rings (SSSR count). The van der Waals surface area contributed by atoms with E-state index >= 15 is 0 Å². The SMILES string of the molecule is CCN(CC)S(=O)(=O)NCC1CCCCC1C(=O)O. The van der Waals surface area contributed by atoms with Crippen molar-refractivity contribution in [3.05, 3.63) is 0 Å². The minimum Gasteiger partial charge on any atom is -0.481 e. The maximum Gasteiger partial charge on any atom is 0.306 e. The summed E-state index contributed by atoms with van der Waals surface area (Å²) in [5.41, 5.74) is 0. The van der Waals surface area contributed by atoms with Crippen LogP contribution in [0.1, 0.15) is 39.5 Å². The van der Waals surface area contributed by atoms with E-state index in [0.29, 0.717) is 19.5 Å². The Morgan fingerprint density at radius 2 is 1.84 bits per heavy atom. The lowest BCUT2D eigenvalue weighted by Gasteiger charge is -2.29. The number of aliphatic carboxylic acids is 1. The minimum atomic E-state index is -3.48. The van der Waals surface area contributed by atoms with Gasteiger partial charge in [0.05, 0.1) is 5.92 Å². The van der Waals surface area contributed by atoms with E-state index in [0.717, 1.165) is 19.3 Å². The summed E-state index contributed by atoms with van der Waals surface area (Å²) in [5, 5.41) is 9.15. The molecule has 0 aromatic rings. The molecule has 7 heteroatoms. The van der Waals surface area contributed by atoms with E-state index in [2.05, 4.69) is 4.72 Å². The molecule has 1 aliphatic rings. The van der Waals surface area contributed by atoms with Crippen molar-refractivity contribution in [1.29, 1.82) is 0 Å². The van der Waals surface area contributed by atoms with Gasteiger partial charge in [-0.25, -0.2) is 4.72 Å². The van der Waals surface area contributed by atoms with Crippen molar-refractivity contribution >= 4 is 16.2 Å². The van der Waals surface area contributed by atoms with E-state index in [-0.39, 0.29) is 12.5 Å². The van der Waals surface area contributed by atoms with Gasteiger partial charge in [-0.05, 0) is 18.8 Å². The molecular weight excluding hydrogens is 268 g/mol. The van der Waals surface area contributed by atoms with E-state index in [1.54, 1.807) is 13.8 Å². The second kappa shape index (κ2) is 7.21. The van der Waals surface area contributed by atoms with E-state index in [9.17, 15) is 13.2 Å². The number of carboxylic acid groups (broad SMARTS) is 1. The Morgan fingerprint density at radius 1 is 1.26 bits per heavy atom. The van der Waals surface area contributed by atoms with Crippen LogP contribution < -0.4 is 4.72 Å². The minimum absolute atomic E-state index is 0.100. The van der Waals surface area contributed by atoms with Crippen LogP contribution in [0.5, 0.6) is 0 Å². The highest BCUT2D eigenvalue weighted by Crippen LogP contribution is 2.29. The van der Waals surface area contributed by atoms with E-state index in [1.165, 1.54) is 4.31 Å². The molecule has 0 heterocycles. The fourth-order valence-corrected chi connectivity index (χ4v) is 3.93. The highest BCUT2D eigenvalue weighted by Gasteiger charge is 2.32. The quantitative estimate of drug-likeness (QED) is 0.734. The van der Waals surface area contributed by atoms with Crippen molar-refractivity contribution in [1.82, 2.24) is 9.03 Å². The summed E-state index contributed by atoms with van der Waals surface area (Å²) >= 11 is 0. The van der Waals surface area contributed by atoms with Gasteiger partial charge in [0.15, 0.2) is 0 Å². The molecule has 0 radical (unpaired) electrons. The number of rotatable bonds is 7. The Bertz CT molecular complexity index is 393. The van der Waals surface area contributed by atoms with Gasteiger partial charge in [0, 0.05) is 19.6 Å². The van der Waals surface area contributed by atoms with Crippen LogP contribution >= 0.6 is 0 Å². The van der Waals surface area contributed by atoms with Crippen molar-refractivity contribution in [3.8, 4) is 0 Å². The first-order valence-electron chi connectivity index (χ1n) is 6.89. The maximum atomic E-state index is 12.0. The number of carboxylic acids is 1. The van der Waals surface area contributed by atoms with Crippen LogP contribution in [0.25, 0.3) is 0 Å². The van der Waals surface area contributed by atoms with Crippen molar-refractivity contribution in [3.63, 3.8) is 0 Å². The molecule has 2 unspecified atom stereocenters. The summed E-state index contributed by atoms with van der Waals surface area (Å²) in [4.78, 5) is 11.1. The smallest absolute Gasteiger partial charge is 0.306 e. The van der Waals surface area contributed by atoms with Gasteiger partial charge in [0.1, 0.15) is 0 Å². The molecule has 2 N–H and O–H groups in total. The van der Waals surface area contributed by atoms with Crippen LogP contribution in [0.2, 0.25) is 0 Å². The molecule has 0 amide bonds. The third-order valence-electron chi connectivity index (χ3n) is 3.80. The number of carbonyl (C=O) groups is 1. The third kappa shape index (κ3) is 4.43. The highest BCUT2D eigenvalue weighted by molar-refractivity contribution is 7.87. The van der Waals surface area contributed by atoms with Crippen LogP contribution in [0.15, 0.2) is 0 Å². The fourth-order valence-electron chi connectivity index (χ4n) is 2.64. The molecule has 0 aromatic heterocycles. The molecule has 0 spiro atoms. The van der Waals surface area contributed by atoms with E-state index in [1.807, 2.05) is 0 Å². The van der Waals surface area contributed by atoms with Gasteiger partial charge in [-0.15, -0.1) is 0 Å². The van der Waals surface area contributed by atoms with Gasteiger partial charge in [-0.3, -0.25) is 4.79 Å². The molecule has 0 aromatic carbocycles. The normalized spacial score (nSPS) is 24.6. The van der Waals surface area contributed by atoms with Gasteiger partial charge < -0.3 is 5.11 Å². The molecule has 112 valence electrons. The van der Waals surface area contributed by atoms with Crippen LogP contribution in [0.4, 0.5) is 0 Å². The summed E-state index contributed by atoms with van der Waals surface area (Å²) in [6.07, 6.45) is 3.31.